The third kappa shape index (κ3) is 5.62. The molecule has 0 radical (unpaired) electrons. The van der Waals surface area contributed by atoms with Crippen LogP contribution in [0.25, 0.3) is 21.5 Å². The van der Waals surface area contributed by atoms with E-state index in [1.807, 2.05) is 0 Å². The summed E-state index contributed by atoms with van der Waals surface area (Å²) in [5.41, 5.74) is -0.278. The minimum atomic E-state index is -0.278. The number of unbranched alkanes of at least 4 members (excludes halogenated alkanes) is 7. The third-order valence-electron chi connectivity index (χ3n) is 5.25. The Hall–Kier alpha value is -1.73. The van der Waals surface area contributed by atoms with Crippen molar-refractivity contribution >= 4 is 33.1 Å². The monoisotopic (exact) mass is 382 g/mol. The Balaban J connectivity index is 1.58. The minimum Gasteiger partial charge on any atom is -0.473 e. The summed E-state index contributed by atoms with van der Waals surface area (Å²) in [5, 5.41) is 4.67. The molecule has 3 aromatic carbocycles. The van der Waals surface area contributed by atoms with Crippen LogP contribution in [-0.4, -0.2) is 5.56 Å². The van der Waals surface area contributed by atoms with Gasteiger partial charge in [0.15, 0.2) is 5.56 Å². The Morgan fingerprint density at radius 3 is 1.85 bits per heavy atom. The van der Waals surface area contributed by atoms with E-state index in [2.05, 4.69) is 61.5 Å². The molecule has 0 aliphatic heterocycles. The van der Waals surface area contributed by atoms with Gasteiger partial charge in [0.05, 0.1) is 0 Å². The summed E-state index contributed by atoms with van der Waals surface area (Å²) in [6, 6.07) is 19.0. The maximum Gasteiger partial charge on any atom is 0.172 e. The van der Waals surface area contributed by atoms with E-state index in [1.54, 1.807) is 0 Å². The highest BCUT2D eigenvalue weighted by Crippen LogP contribution is 2.36. The molecule has 1 nitrogen and oxygen atoms in total. The van der Waals surface area contributed by atoms with Gasteiger partial charge in [-0.3, -0.25) is 0 Å². The number of hydrogen-bond acceptors (Lipinski definition) is 1. The fourth-order valence-corrected chi connectivity index (χ4v) is 3.97. The van der Waals surface area contributed by atoms with Crippen molar-refractivity contribution in [2.24, 2.45) is 0 Å². The fourth-order valence-electron chi connectivity index (χ4n) is 3.72. The second kappa shape index (κ2) is 10.6. The molecule has 0 bridgehead atoms. The normalized spacial score (nSPS) is 12.5. The highest BCUT2D eigenvalue weighted by Gasteiger charge is 2.13. The zero-order chi connectivity index (χ0) is 18.9. The van der Waals surface area contributed by atoms with Crippen LogP contribution in [-0.2, 0) is 0 Å². The second-order valence-electron chi connectivity index (χ2n) is 7.44. The lowest BCUT2D eigenvalue weighted by Crippen LogP contribution is -2.09. The molecule has 0 N–H and O–H groups in total. The van der Waals surface area contributed by atoms with Crippen LogP contribution in [0.4, 0.5) is 0 Å². The lowest BCUT2D eigenvalue weighted by Gasteiger charge is -2.17. The predicted octanol–water partition coefficient (Wildman–Crippen LogP) is 8.47. The Morgan fingerprint density at radius 2 is 1.26 bits per heavy atom. The van der Waals surface area contributed by atoms with Crippen LogP contribution in [0.15, 0.2) is 54.6 Å². The highest BCUT2D eigenvalue weighted by atomic mass is 35.5. The van der Waals surface area contributed by atoms with Gasteiger partial charge in [0.2, 0.25) is 0 Å². The first-order chi connectivity index (χ1) is 13.3. The van der Waals surface area contributed by atoms with Crippen LogP contribution in [0, 0.1) is 0 Å². The van der Waals surface area contributed by atoms with E-state index >= 15 is 0 Å². The van der Waals surface area contributed by atoms with Crippen LogP contribution >= 0.6 is 11.6 Å². The van der Waals surface area contributed by atoms with E-state index in [4.69, 9.17) is 16.3 Å². The first kappa shape index (κ1) is 20.0. The molecule has 0 saturated carbocycles. The molecule has 144 valence electrons. The molecule has 0 aliphatic carbocycles. The third-order valence-corrected chi connectivity index (χ3v) is 5.56. The lowest BCUT2D eigenvalue weighted by atomic mass is 10.0. The lowest BCUT2D eigenvalue weighted by molar-refractivity contribution is 0.270. The van der Waals surface area contributed by atoms with Gasteiger partial charge in [0.25, 0.3) is 0 Å². The SMILES string of the molecule is CCCCCCCCCCC(Cl)Oc1c2ccccc2cc2ccccc12. The summed E-state index contributed by atoms with van der Waals surface area (Å²) in [5.74, 6) is 0.920. The van der Waals surface area contributed by atoms with Gasteiger partial charge < -0.3 is 4.74 Å². The molecule has 0 amide bonds. The summed E-state index contributed by atoms with van der Waals surface area (Å²) < 4.78 is 6.27. The van der Waals surface area contributed by atoms with Crippen LogP contribution in [0.1, 0.15) is 64.7 Å². The van der Waals surface area contributed by atoms with Crippen molar-refractivity contribution in [2.45, 2.75) is 70.3 Å². The summed E-state index contributed by atoms with van der Waals surface area (Å²) in [4.78, 5) is 0. The first-order valence-electron chi connectivity index (χ1n) is 10.5. The van der Waals surface area contributed by atoms with Crippen LogP contribution < -0.4 is 4.74 Å². The van der Waals surface area contributed by atoms with Crippen molar-refractivity contribution in [3.63, 3.8) is 0 Å². The van der Waals surface area contributed by atoms with Gasteiger partial charge in [-0.25, -0.2) is 0 Å². The van der Waals surface area contributed by atoms with Crippen molar-refractivity contribution in [1.82, 2.24) is 0 Å². The van der Waals surface area contributed by atoms with Gasteiger partial charge >= 0.3 is 0 Å². The fraction of sp³-hybridized carbons (Fsp3) is 0.440. The van der Waals surface area contributed by atoms with E-state index in [9.17, 15) is 0 Å². The quantitative estimate of drug-likeness (QED) is 0.183. The summed E-state index contributed by atoms with van der Waals surface area (Å²) in [7, 11) is 0. The van der Waals surface area contributed by atoms with Gasteiger partial charge in [-0.05, 0) is 29.7 Å². The maximum atomic E-state index is 6.58. The average Bonchev–Trinajstić information content (AvgIpc) is 2.70. The molecule has 0 saturated heterocycles. The molecule has 3 aromatic rings. The number of halogens is 1. The summed E-state index contributed by atoms with van der Waals surface area (Å²) >= 11 is 6.58. The van der Waals surface area contributed by atoms with Crippen LogP contribution in [0.3, 0.4) is 0 Å². The number of alkyl halides is 1. The molecule has 0 spiro atoms. The van der Waals surface area contributed by atoms with E-state index in [-0.39, 0.29) is 5.56 Å². The van der Waals surface area contributed by atoms with Crippen molar-refractivity contribution in [3.05, 3.63) is 54.6 Å². The van der Waals surface area contributed by atoms with E-state index in [0.29, 0.717) is 0 Å². The Kier molecular flexibility index (Phi) is 7.83. The summed E-state index contributed by atoms with van der Waals surface area (Å²) in [6.45, 7) is 2.26. The number of ether oxygens (including phenoxy) is 1. The number of rotatable bonds is 11. The molecule has 2 heteroatoms. The van der Waals surface area contributed by atoms with Crippen molar-refractivity contribution < 1.29 is 4.74 Å². The first-order valence-corrected chi connectivity index (χ1v) is 10.9. The molecule has 27 heavy (non-hydrogen) atoms. The number of hydrogen-bond donors (Lipinski definition) is 0. The van der Waals surface area contributed by atoms with Gasteiger partial charge in [-0.15, -0.1) is 0 Å². The molecule has 1 atom stereocenters. The Morgan fingerprint density at radius 1 is 0.741 bits per heavy atom. The zero-order valence-electron chi connectivity index (χ0n) is 16.4. The summed E-state index contributed by atoms with van der Waals surface area (Å²) in [6.07, 6.45) is 11.4. The molecular weight excluding hydrogens is 352 g/mol. The van der Waals surface area contributed by atoms with Gasteiger partial charge in [-0.1, -0.05) is 112 Å². The van der Waals surface area contributed by atoms with Crippen molar-refractivity contribution in [1.29, 1.82) is 0 Å². The molecular formula is C25H31ClO. The predicted molar refractivity (Wildman–Crippen MR) is 119 cm³/mol. The molecule has 0 aliphatic rings. The van der Waals surface area contributed by atoms with E-state index in [0.717, 1.165) is 29.4 Å². The van der Waals surface area contributed by atoms with Crippen molar-refractivity contribution in [3.8, 4) is 5.75 Å². The molecule has 0 aromatic heterocycles. The average molecular weight is 383 g/mol. The van der Waals surface area contributed by atoms with Gasteiger partial charge in [0, 0.05) is 10.8 Å². The van der Waals surface area contributed by atoms with E-state index in [1.165, 1.54) is 55.7 Å². The number of benzene rings is 3. The second-order valence-corrected chi connectivity index (χ2v) is 7.93. The molecule has 3 rings (SSSR count). The molecule has 1 unspecified atom stereocenters. The molecule has 0 fully saturated rings. The Bertz CT molecular complexity index is 788. The van der Waals surface area contributed by atoms with Crippen LogP contribution in [0.5, 0.6) is 5.75 Å². The standard InChI is InChI=1S/C25H31ClO/c1-2-3-4-5-6-7-8-9-18-24(26)27-25-22-16-12-10-14-20(22)19-21-15-11-13-17-23(21)25/h10-17,19,24H,2-9,18H2,1H3. The Labute approximate surface area is 168 Å². The van der Waals surface area contributed by atoms with Crippen LogP contribution in [0.2, 0.25) is 0 Å². The smallest absolute Gasteiger partial charge is 0.172 e. The van der Waals surface area contributed by atoms with E-state index < -0.39 is 0 Å². The molecule has 0 heterocycles. The topological polar surface area (TPSA) is 9.23 Å². The highest BCUT2D eigenvalue weighted by molar-refractivity contribution is 6.20. The van der Waals surface area contributed by atoms with Gasteiger partial charge in [0.1, 0.15) is 5.75 Å². The zero-order valence-corrected chi connectivity index (χ0v) is 17.2. The van der Waals surface area contributed by atoms with Crippen molar-refractivity contribution in [2.75, 3.05) is 0 Å². The van der Waals surface area contributed by atoms with Gasteiger partial charge in [-0.2, -0.15) is 0 Å². The minimum absolute atomic E-state index is 0.278. The maximum absolute atomic E-state index is 6.58. The largest absolute Gasteiger partial charge is 0.473 e. The number of fused-ring (bicyclic) bond motifs is 2.